The second kappa shape index (κ2) is 8.86. The summed E-state index contributed by atoms with van der Waals surface area (Å²) in [7, 11) is 0. The molecule has 3 aromatic rings. The summed E-state index contributed by atoms with van der Waals surface area (Å²) in [6.07, 6.45) is 1.36. The SMILES string of the molecule is O=C(COc1ccc2ccccc2c1Br)NN=Cc1cc(Br)cc(Br)c1O. The van der Waals surface area contributed by atoms with Crippen LogP contribution in [0.15, 0.2) is 67.1 Å². The molecule has 3 aromatic carbocycles. The van der Waals surface area contributed by atoms with Crippen LogP contribution in [0.2, 0.25) is 0 Å². The monoisotopic (exact) mass is 554 g/mol. The van der Waals surface area contributed by atoms with Crippen molar-refractivity contribution in [1.29, 1.82) is 0 Å². The van der Waals surface area contributed by atoms with Crippen LogP contribution in [0.4, 0.5) is 0 Å². The van der Waals surface area contributed by atoms with E-state index in [2.05, 4.69) is 58.3 Å². The number of rotatable bonds is 5. The molecule has 3 rings (SSSR count). The Balaban J connectivity index is 1.61. The highest BCUT2D eigenvalue weighted by molar-refractivity contribution is 9.11. The minimum atomic E-state index is -0.417. The van der Waals surface area contributed by atoms with Crippen molar-refractivity contribution in [3.05, 3.63) is 67.5 Å². The molecule has 8 heteroatoms. The maximum atomic E-state index is 12.0. The van der Waals surface area contributed by atoms with E-state index in [0.717, 1.165) is 19.7 Å². The van der Waals surface area contributed by atoms with E-state index in [4.69, 9.17) is 4.74 Å². The van der Waals surface area contributed by atoms with Crippen molar-refractivity contribution in [2.45, 2.75) is 0 Å². The van der Waals surface area contributed by atoms with E-state index in [9.17, 15) is 9.90 Å². The summed E-state index contributed by atoms with van der Waals surface area (Å²) in [6, 6.07) is 15.0. The summed E-state index contributed by atoms with van der Waals surface area (Å²) in [5, 5.41) is 15.9. The Bertz CT molecular complexity index is 1040. The molecule has 0 fully saturated rings. The number of carbonyl (C=O) groups is 1. The third-order valence-electron chi connectivity index (χ3n) is 3.64. The first-order valence-electron chi connectivity index (χ1n) is 7.75. The molecule has 0 saturated heterocycles. The zero-order chi connectivity index (χ0) is 19.4. The molecule has 27 heavy (non-hydrogen) atoms. The lowest BCUT2D eigenvalue weighted by Crippen LogP contribution is -2.24. The van der Waals surface area contributed by atoms with Crippen LogP contribution in [-0.2, 0) is 4.79 Å². The average Bonchev–Trinajstić information content (AvgIpc) is 2.65. The van der Waals surface area contributed by atoms with Gasteiger partial charge in [-0.2, -0.15) is 5.10 Å². The molecule has 0 aliphatic rings. The molecule has 5 nitrogen and oxygen atoms in total. The van der Waals surface area contributed by atoms with E-state index in [0.29, 0.717) is 15.8 Å². The summed E-state index contributed by atoms with van der Waals surface area (Å²) in [6.45, 7) is -0.192. The van der Waals surface area contributed by atoms with Crippen molar-refractivity contribution in [2.75, 3.05) is 6.61 Å². The number of hydrogen-bond acceptors (Lipinski definition) is 4. The molecule has 0 radical (unpaired) electrons. The highest BCUT2D eigenvalue weighted by atomic mass is 79.9. The van der Waals surface area contributed by atoms with Gasteiger partial charge in [0.2, 0.25) is 0 Å². The zero-order valence-corrected chi connectivity index (χ0v) is 18.5. The fourth-order valence-corrected chi connectivity index (χ4v) is 4.22. The second-order valence-corrected chi connectivity index (χ2v) is 8.07. The minimum Gasteiger partial charge on any atom is -0.506 e. The number of phenols is 1. The van der Waals surface area contributed by atoms with E-state index in [1.807, 2.05) is 30.3 Å². The number of halogens is 3. The number of benzene rings is 3. The predicted octanol–water partition coefficient (Wildman–Crippen LogP) is 5.36. The first-order valence-corrected chi connectivity index (χ1v) is 10.1. The number of fused-ring (bicyclic) bond motifs is 1. The van der Waals surface area contributed by atoms with Gasteiger partial charge in [0, 0.05) is 10.0 Å². The molecule has 1 amide bonds. The summed E-state index contributed by atoms with van der Waals surface area (Å²) in [5.74, 6) is 0.189. The zero-order valence-electron chi connectivity index (χ0n) is 13.7. The standard InChI is InChI=1S/C19H13Br3N2O3/c20-13-7-12(19(26)15(21)8-13)9-23-24-17(25)10-27-16-6-5-11-3-1-2-4-14(11)18(16)22/h1-9,26H,10H2,(H,24,25). The maximum absolute atomic E-state index is 12.0. The Morgan fingerprint density at radius 1 is 1.15 bits per heavy atom. The summed E-state index contributed by atoms with van der Waals surface area (Å²) < 4.78 is 7.66. The number of amides is 1. The van der Waals surface area contributed by atoms with Crippen LogP contribution in [0.3, 0.4) is 0 Å². The Kier molecular flexibility index (Phi) is 6.51. The Morgan fingerprint density at radius 2 is 1.93 bits per heavy atom. The van der Waals surface area contributed by atoms with E-state index in [-0.39, 0.29) is 12.4 Å². The molecule has 0 aromatic heterocycles. The van der Waals surface area contributed by atoms with Crippen LogP contribution >= 0.6 is 47.8 Å². The molecule has 0 aliphatic heterocycles. The average molecular weight is 557 g/mol. The molecular formula is C19H13Br3N2O3. The van der Waals surface area contributed by atoms with Gasteiger partial charge in [-0.15, -0.1) is 0 Å². The molecule has 0 saturated carbocycles. The van der Waals surface area contributed by atoms with Gasteiger partial charge < -0.3 is 9.84 Å². The second-order valence-electron chi connectivity index (χ2n) is 5.51. The van der Waals surface area contributed by atoms with Gasteiger partial charge in [0.05, 0.1) is 15.2 Å². The van der Waals surface area contributed by atoms with Crippen molar-refractivity contribution < 1.29 is 14.6 Å². The summed E-state index contributed by atoms with van der Waals surface area (Å²) in [5.41, 5.74) is 2.83. The molecule has 0 bridgehead atoms. The summed E-state index contributed by atoms with van der Waals surface area (Å²) in [4.78, 5) is 12.0. The van der Waals surface area contributed by atoms with Crippen LogP contribution in [0, 0.1) is 0 Å². The number of hydrazone groups is 1. The van der Waals surface area contributed by atoms with E-state index in [1.54, 1.807) is 18.2 Å². The maximum Gasteiger partial charge on any atom is 0.277 e. The van der Waals surface area contributed by atoms with Crippen LogP contribution in [0.5, 0.6) is 11.5 Å². The minimum absolute atomic E-state index is 0.0348. The van der Waals surface area contributed by atoms with Crippen LogP contribution in [0.1, 0.15) is 5.56 Å². The topological polar surface area (TPSA) is 70.9 Å². The van der Waals surface area contributed by atoms with Crippen molar-refractivity contribution >= 4 is 70.7 Å². The van der Waals surface area contributed by atoms with E-state index in [1.165, 1.54) is 6.21 Å². The Labute approximate surface area is 180 Å². The highest BCUT2D eigenvalue weighted by Gasteiger charge is 2.09. The largest absolute Gasteiger partial charge is 0.506 e. The van der Waals surface area contributed by atoms with Crippen molar-refractivity contribution in [3.63, 3.8) is 0 Å². The van der Waals surface area contributed by atoms with Crippen molar-refractivity contribution in [3.8, 4) is 11.5 Å². The van der Waals surface area contributed by atoms with Crippen LogP contribution in [-0.4, -0.2) is 23.8 Å². The first kappa shape index (κ1) is 19.9. The lowest BCUT2D eigenvalue weighted by molar-refractivity contribution is -0.123. The summed E-state index contributed by atoms with van der Waals surface area (Å²) >= 11 is 10.1. The third-order valence-corrected chi connectivity index (χ3v) is 5.52. The number of ether oxygens (including phenoxy) is 1. The first-order chi connectivity index (χ1) is 13.0. The van der Waals surface area contributed by atoms with Crippen LogP contribution in [0.25, 0.3) is 10.8 Å². The van der Waals surface area contributed by atoms with Crippen molar-refractivity contribution in [1.82, 2.24) is 5.43 Å². The molecule has 0 aliphatic carbocycles. The molecule has 0 spiro atoms. The van der Waals surface area contributed by atoms with Gasteiger partial charge in [0.15, 0.2) is 6.61 Å². The molecule has 0 unspecified atom stereocenters. The molecular weight excluding hydrogens is 544 g/mol. The lowest BCUT2D eigenvalue weighted by Gasteiger charge is -2.09. The van der Waals surface area contributed by atoms with E-state index >= 15 is 0 Å². The van der Waals surface area contributed by atoms with E-state index < -0.39 is 5.91 Å². The van der Waals surface area contributed by atoms with Gasteiger partial charge in [0.1, 0.15) is 11.5 Å². The predicted molar refractivity (Wildman–Crippen MR) is 116 cm³/mol. The van der Waals surface area contributed by atoms with Gasteiger partial charge in [0.25, 0.3) is 5.91 Å². The fourth-order valence-electron chi connectivity index (χ4n) is 2.36. The smallest absolute Gasteiger partial charge is 0.277 e. The van der Waals surface area contributed by atoms with Gasteiger partial charge in [-0.05, 0) is 60.8 Å². The third kappa shape index (κ3) is 4.88. The number of phenolic OH excluding ortho intramolecular Hbond substituents is 1. The van der Waals surface area contributed by atoms with Crippen molar-refractivity contribution in [2.24, 2.45) is 5.10 Å². The van der Waals surface area contributed by atoms with Gasteiger partial charge in [-0.3, -0.25) is 4.79 Å². The Morgan fingerprint density at radius 3 is 2.74 bits per heavy atom. The van der Waals surface area contributed by atoms with Gasteiger partial charge in [-0.1, -0.05) is 46.3 Å². The number of aromatic hydroxyl groups is 1. The molecule has 2 N–H and O–H groups in total. The normalized spacial score (nSPS) is 11.1. The molecule has 0 atom stereocenters. The number of carbonyl (C=O) groups excluding carboxylic acids is 1. The Hall–Kier alpha value is -1.90. The van der Waals surface area contributed by atoms with Crippen LogP contribution < -0.4 is 10.2 Å². The van der Waals surface area contributed by atoms with Gasteiger partial charge >= 0.3 is 0 Å². The quantitative estimate of drug-likeness (QED) is 0.328. The lowest BCUT2D eigenvalue weighted by atomic mass is 10.1. The number of hydrogen-bond donors (Lipinski definition) is 2. The highest BCUT2D eigenvalue weighted by Crippen LogP contribution is 2.33. The van der Waals surface area contributed by atoms with Gasteiger partial charge in [-0.25, -0.2) is 5.43 Å². The molecule has 138 valence electrons. The molecule has 0 heterocycles. The number of nitrogens with zero attached hydrogens (tertiary/aromatic N) is 1. The fraction of sp³-hybridized carbons (Fsp3) is 0.0526. The number of nitrogens with one attached hydrogen (secondary N) is 1.